The van der Waals surface area contributed by atoms with Gasteiger partial charge in [0.25, 0.3) is 5.56 Å². The lowest BCUT2D eigenvalue weighted by Crippen LogP contribution is -2.18. The van der Waals surface area contributed by atoms with E-state index in [1.54, 1.807) is 29.1 Å². The van der Waals surface area contributed by atoms with Crippen LogP contribution in [-0.4, -0.2) is 16.6 Å². The van der Waals surface area contributed by atoms with Gasteiger partial charge in [0.15, 0.2) is 0 Å². The molecule has 0 radical (unpaired) electrons. The third-order valence-corrected chi connectivity index (χ3v) is 2.85. The number of hydrogen-bond donors (Lipinski definition) is 1. The molecule has 88 valence electrons. The van der Waals surface area contributed by atoms with Crippen molar-refractivity contribution in [2.45, 2.75) is 6.54 Å². The monoisotopic (exact) mass is 293 g/mol. The van der Waals surface area contributed by atoms with Crippen molar-refractivity contribution < 1.29 is 0 Å². The van der Waals surface area contributed by atoms with Crippen LogP contribution in [0, 0.1) is 0 Å². The summed E-state index contributed by atoms with van der Waals surface area (Å²) in [6, 6.07) is 7.11. The van der Waals surface area contributed by atoms with Crippen LogP contribution in [0.15, 0.2) is 45.9 Å². The van der Waals surface area contributed by atoms with Gasteiger partial charge in [-0.25, -0.2) is 4.98 Å². The Balaban J connectivity index is 2.31. The Bertz CT molecular complexity index is 580. The zero-order valence-electron chi connectivity index (χ0n) is 9.35. The lowest BCUT2D eigenvalue weighted by molar-refractivity contribution is 0.755. The summed E-state index contributed by atoms with van der Waals surface area (Å²) in [6.07, 6.45) is 3.51. The maximum absolute atomic E-state index is 11.6. The second-order valence-corrected chi connectivity index (χ2v) is 4.53. The Labute approximate surface area is 107 Å². The molecule has 0 amide bonds. The molecule has 0 bridgehead atoms. The van der Waals surface area contributed by atoms with Crippen LogP contribution < -0.4 is 10.9 Å². The smallest absolute Gasteiger partial charge is 0.250 e. The van der Waals surface area contributed by atoms with Gasteiger partial charge in [-0.2, -0.15) is 0 Å². The van der Waals surface area contributed by atoms with E-state index in [-0.39, 0.29) is 5.56 Å². The van der Waals surface area contributed by atoms with E-state index in [1.807, 2.05) is 19.2 Å². The van der Waals surface area contributed by atoms with E-state index in [0.29, 0.717) is 6.54 Å². The summed E-state index contributed by atoms with van der Waals surface area (Å²) in [5.74, 6) is 0.797. The molecule has 1 N–H and O–H groups in total. The molecular weight excluding hydrogens is 282 g/mol. The lowest BCUT2D eigenvalue weighted by Gasteiger charge is -2.07. The van der Waals surface area contributed by atoms with E-state index in [0.717, 1.165) is 15.9 Å². The molecule has 0 saturated carbocycles. The minimum atomic E-state index is -0.0176. The third-order valence-electron chi connectivity index (χ3n) is 2.38. The van der Waals surface area contributed by atoms with Gasteiger partial charge in [0.05, 0.1) is 6.54 Å². The maximum Gasteiger partial charge on any atom is 0.250 e. The molecule has 0 atom stereocenters. The number of rotatable bonds is 3. The Morgan fingerprint density at radius 2 is 2.24 bits per heavy atom. The standard InChI is InChI=1S/C12H12BrN3O/c1-14-11-6-9(4-5-15-11)7-16-8-10(13)2-3-12(16)17/h2-6,8H,7H2,1H3,(H,14,15). The molecule has 4 nitrogen and oxygen atoms in total. The van der Waals surface area contributed by atoms with Crippen LogP contribution in [-0.2, 0) is 6.54 Å². The number of aromatic nitrogens is 2. The molecule has 0 aromatic carbocycles. The fourth-order valence-electron chi connectivity index (χ4n) is 1.53. The Hall–Kier alpha value is -1.62. The van der Waals surface area contributed by atoms with Gasteiger partial charge in [-0.3, -0.25) is 4.79 Å². The molecule has 2 rings (SSSR count). The van der Waals surface area contributed by atoms with Crippen molar-refractivity contribution in [1.82, 2.24) is 9.55 Å². The predicted octanol–water partition coefficient (Wildman–Crippen LogP) is 2.10. The minimum Gasteiger partial charge on any atom is -0.373 e. The normalized spacial score (nSPS) is 10.2. The first-order chi connectivity index (χ1) is 8.19. The van der Waals surface area contributed by atoms with Crippen molar-refractivity contribution in [3.63, 3.8) is 0 Å². The summed E-state index contributed by atoms with van der Waals surface area (Å²) in [7, 11) is 1.82. The minimum absolute atomic E-state index is 0.0176. The highest BCUT2D eigenvalue weighted by Gasteiger charge is 2.00. The van der Waals surface area contributed by atoms with Gasteiger partial charge in [-0.15, -0.1) is 0 Å². The average molecular weight is 294 g/mol. The molecule has 0 spiro atoms. The first-order valence-electron chi connectivity index (χ1n) is 5.18. The van der Waals surface area contributed by atoms with Crippen LogP contribution in [0.25, 0.3) is 0 Å². The zero-order valence-corrected chi connectivity index (χ0v) is 10.9. The highest BCUT2D eigenvalue weighted by atomic mass is 79.9. The van der Waals surface area contributed by atoms with Crippen LogP contribution in [0.3, 0.4) is 0 Å². The molecule has 0 aliphatic heterocycles. The topological polar surface area (TPSA) is 46.9 Å². The molecule has 0 aliphatic rings. The van der Waals surface area contributed by atoms with E-state index in [9.17, 15) is 4.79 Å². The zero-order chi connectivity index (χ0) is 12.3. The molecular formula is C12H12BrN3O. The molecule has 2 heterocycles. The van der Waals surface area contributed by atoms with Gasteiger partial charge >= 0.3 is 0 Å². The van der Waals surface area contributed by atoms with E-state index in [2.05, 4.69) is 26.2 Å². The summed E-state index contributed by atoms with van der Waals surface area (Å²) < 4.78 is 2.54. The van der Waals surface area contributed by atoms with E-state index in [1.165, 1.54) is 0 Å². The third kappa shape index (κ3) is 2.94. The van der Waals surface area contributed by atoms with Crippen molar-refractivity contribution in [1.29, 1.82) is 0 Å². The van der Waals surface area contributed by atoms with Gasteiger partial charge in [-0.05, 0) is 39.7 Å². The molecule has 5 heteroatoms. The molecule has 0 aliphatic carbocycles. The summed E-state index contributed by atoms with van der Waals surface area (Å²) in [5.41, 5.74) is 1.01. The summed E-state index contributed by atoms with van der Waals surface area (Å²) in [4.78, 5) is 15.8. The number of pyridine rings is 2. The molecule has 17 heavy (non-hydrogen) atoms. The molecule has 0 saturated heterocycles. The summed E-state index contributed by atoms with van der Waals surface area (Å²) >= 11 is 3.35. The van der Waals surface area contributed by atoms with Crippen molar-refractivity contribution in [2.24, 2.45) is 0 Å². The van der Waals surface area contributed by atoms with Gasteiger partial charge in [0.2, 0.25) is 0 Å². The molecule has 2 aromatic heterocycles. The maximum atomic E-state index is 11.6. The molecule has 0 fully saturated rings. The average Bonchev–Trinajstić information content (AvgIpc) is 2.34. The Kier molecular flexibility index (Phi) is 3.58. The SMILES string of the molecule is CNc1cc(Cn2cc(Br)ccc2=O)ccn1. The van der Waals surface area contributed by atoms with Crippen LogP contribution >= 0.6 is 15.9 Å². The summed E-state index contributed by atoms with van der Waals surface area (Å²) in [5, 5.41) is 2.97. The van der Waals surface area contributed by atoms with E-state index < -0.39 is 0 Å². The predicted molar refractivity (Wildman–Crippen MR) is 71.3 cm³/mol. The second kappa shape index (κ2) is 5.14. The fraction of sp³-hybridized carbons (Fsp3) is 0.167. The Morgan fingerprint density at radius 1 is 1.41 bits per heavy atom. The van der Waals surface area contributed by atoms with Crippen molar-refractivity contribution in [3.8, 4) is 0 Å². The van der Waals surface area contributed by atoms with E-state index >= 15 is 0 Å². The van der Waals surface area contributed by atoms with Gasteiger partial charge in [0, 0.05) is 30.0 Å². The number of hydrogen-bond acceptors (Lipinski definition) is 3. The van der Waals surface area contributed by atoms with Crippen molar-refractivity contribution in [3.05, 3.63) is 57.0 Å². The van der Waals surface area contributed by atoms with Crippen LogP contribution in [0.2, 0.25) is 0 Å². The number of nitrogens with zero attached hydrogens (tertiary/aromatic N) is 2. The summed E-state index contributed by atoms with van der Waals surface area (Å²) in [6.45, 7) is 0.537. The molecule has 0 unspecified atom stereocenters. The van der Waals surface area contributed by atoms with Crippen LogP contribution in [0.1, 0.15) is 5.56 Å². The second-order valence-electron chi connectivity index (χ2n) is 3.61. The van der Waals surface area contributed by atoms with Gasteiger partial charge < -0.3 is 9.88 Å². The Morgan fingerprint density at radius 3 is 3.00 bits per heavy atom. The van der Waals surface area contributed by atoms with Crippen LogP contribution in [0.5, 0.6) is 0 Å². The van der Waals surface area contributed by atoms with Crippen molar-refractivity contribution >= 4 is 21.7 Å². The molecule has 2 aromatic rings. The number of halogens is 1. The fourth-order valence-corrected chi connectivity index (χ4v) is 1.91. The van der Waals surface area contributed by atoms with Crippen molar-refractivity contribution in [2.75, 3.05) is 12.4 Å². The quantitative estimate of drug-likeness (QED) is 0.943. The van der Waals surface area contributed by atoms with E-state index in [4.69, 9.17) is 0 Å². The largest absolute Gasteiger partial charge is 0.373 e. The van der Waals surface area contributed by atoms with Gasteiger partial charge in [0.1, 0.15) is 5.82 Å². The van der Waals surface area contributed by atoms with Crippen LogP contribution in [0.4, 0.5) is 5.82 Å². The highest BCUT2D eigenvalue weighted by molar-refractivity contribution is 9.10. The number of nitrogens with one attached hydrogen (secondary N) is 1. The number of anilines is 1. The first kappa shape index (κ1) is 11.9. The lowest BCUT2D eigenvalue weighted by atomic mass is 10.2. The van der Waals surface area contributed by atoms with Gasteiger partial charge in [-0.1, -0.05) is 0 Å². The highest BCUT2D eigenvalue weighted by Crippen LogP contribution is 2.09. The first-order valence-corrected chi connectivity index (χ1v) is 5.97.